The van der Waals surface area contributed by atoms with E-state index in [2.05, 4.69) is 114 Å². The Morgan fingerprint density at radius 3 is 0.915 bits per heavy atom. The van der Waals surface area contributed by atoms with Crippen molar-refractivity contribution in [3.8, 4) is 0 Å². The summed E-state index contributed by atoms with van der Waals surface area (Å²) in [5.74, 6) is -1.17. The zero-order valence-electron chi connectivity index (χ0n) is 54.8. The molecule has 0 aliphatic carbocycles. The summed E-state index contributed by atoms with van der Waals surface area (Å²) < 4.78 is 41.6. The van der Waals surface area contributed by atoms with Gasteiger partial charge < -0.3 is 37.9 Å². The normalized spacial score (nSPS) is 10.9. The van der Waals surface area contributed by atoms with Crippen molar-refractivity contribution in [3.05, 3.63) is 119 Å². The number of esters is 8. The molecule has 4 aromatic rings. The Morgan fingerprint density at radius 1 is 0.330 bits per heavy atom. The van der Waals surface area contributed by atoms with Gasteiger partial charge in [-0.25, -0.2) is 19.2 Å². The van der Waals surface area contributed by atoms with Gasteiger partial charge in [0.15, 0.2) is 0 Å². The van der Waals surface area contributed by atoms with E-state index in [1.807, 2.05) is 0 Å². The fourth-order valence-corrected chi connectivity index (χ4v) is 18.1. The van der Waals surface area contributed by atoms with Crippen molar-refractivity contribution < 1.29 is 76.3 Å². The Bertz CT molecular complexity index is 3340. The second-order valence-corrected chi connectivity index (χ2v) is 30.9. The highest BCUT2D eigenvalue weighted by Gasteiger charge is 2.22. The van der Waals surface area contributed by atoms with Crippen LogP contribution in [0.2, 0.25) is 0 Å². The lowest BCUT2D eigenvalue weighted by atomic mass is 10.1. The van der Waals surface area contributed by atoms with Gasteiger partial charge in [0.1, 0.15) is 52.9 Å². The Balaban J connectivity index is 1.66. The van der Waals surface area contributed by atoms with Crippen LogP contribution in [0.5, 0.6) is 0 Å². The van der Waals surface area contributed by atoms with Gasteiger partial charge in [-0.3, -0.25) is 19.2 Å². The minimum atomic E-state index is -0.546. The maximum Gasteiger partial charge on any atom is 0.333 e. The van der Waals surface area contributed by atoms with Crippen LogP contribution in [0.1, 0.15) is 75.6 Å². The van der Waals surface area contributed by atoms with Crippen LogP contribution in [-0.4, -0.2) is 148 Å². The molecule has 94 heavy (non-hydrogen) atoms. The summed E-state index contributed by atoms with van der Waals surface area (Å²) in [5.41, 5.74) is 5.42. The Labute approximate surface area is 595 Å². The number of rotatable bonds is 43. The molecule has 0 saturated carbocycles. The minimum Gasteiger partial charge on any atom is -0.462 e. The molecule has 4 aromatic carbocycles. The summed E-state index contributed by atoms with van der Waals surface area (Å²) in [6.45, 7) is 26.4. The van der Waals surface area contributed by atoms with Crippen molar-refractivity contribution in [1.82, 2.24) is 0 Å². The summed E-state index contributed by atoms with van der Waals surface area (Å²) in [6.07, 6.45) is 7.47. The van der Waals surface area contributed by atoms with Crippen LogP contribution in [0, 0.1) is 20.8 Å². The first-order valence-corrected chi connectivity index (χ1v) is 39.7. The standard InChI is InChI=1S/C68H82O16S10/c1-41(2)65(73)81-24-20-77-57(69)16-29-88-49-33-45(9)61(46(10)34-49)93-62-47(11)35-50(89-30-17-58(70)78-21-25-82-66(74)42(3)4)36-48(62)15-28-92-56-40-52(91-32-19-60(72)80-23-27-84-68(76)44(7)8)39-55(87-14)64(56)94-63-53(85-12)37-51(38-54(63)86-13)90-31-18-59(71)79-22-26-83-67(75)43(5)6/h33-40H,1,3,5,7,15-32H2,2,4,6,8-14H3. The van der Waals surface area contributed by atoms with Crippen LogP contribution >= 0.6 is 118 Å². The number of thioether (sulfide) groups is 8. The zero-order valence-corrected chi connectivity index (χ0v) is 63.0. The van der Waals surface area contributed by atoms with Crippen molar-refractivity contribution in [1.29, 1.82) is 0 Å². The third-order valence-corrected chi connectivity index (χ3v) is 23.1. The predicted octanol–water partition coefficient (Wildman–Crippen LogP) is 16.0. The molecule has 0 atom stereocenters. The lowest BCUT2D eigenvalue weighted by Crippen LogP contribution is -2.14. The average molecular weight is 1480 g/mol. The van der Waals surface area contributed by atoms with Gasteiger partial charge in [-0.05, 0) is 144 Å². The second-order valence-electron chi connectivity index (χ2n) is 20.5. The van der Waals surface area contributed by atoms with Gasteiger partial charge in [0, 0.05) is 110 Å². The highest BCUT2D eigenvalue weighted by Crippen LogP contribution is 2.50. The van der Waals surface area contributed by atoms with Gasteiger partial charge in [0.25, 0.3) is 0 Å². The Hall–Kier alpha value is -4.90. The van der Waals surface area contributed by atoms with Crippen LogP contribution in [0.3, 0.4) is 0 Å². The molecule has 0 fully saturated rings. The van der Waals surface area contributed by atoms with Crippen LogP contribution in [0.15, 0.2) is 156 Å². The van der Waals surface area contributed by atoms with E-state index in [1.54, 1.807) is 145 Å². The number of carbonyl (C=O) groups excluding carboxylic acids is 8. The minimum absolute atomic E-state index is 0.0335. The van der Waals surface area contributed by atoms with Crippen LogP contribution in [-0.2, 0) is 82.7 Å². The number of benzene rings is 4. The topological polar surface area (TPSA) is 210 Å². The Morgan fingerprint density at radius 2 is 0.596 bits per heavy atom. The van der Waals surface area contributed by atoms with Gasteiger partial charge in [0.2, 0.25) is 0 Å². The predicted molar refractivity (Wildman–Crippen MR) is 386 cm³/mol. The van der Waals surface area contributed by atoms with E-state index in [0.717, 1.165) is 81.0 Å². The monoisotopic (exact) mass is 1470 g/mol. The molecule has 4 rings (SSSR count). The van der Waals surface area contributed by atoms with Gasteiger partial charge in [-0.2, -0.15) is 0 Å². The second kappa shape index (κ2) is 44.1. The third kappa shape index (κ3) is 29.8. The molecule has 26 heteroatoms. The van der Waals surface area contributed by atoms with Crippen molar-refractivity contribution in [2.24, 2.45) is 0 Å². The Kier molecular flexibility index (Phi) is 38.3. The summed E-state index contributed by atoms with van der Waals surface area (Å²) >= 11 is 16.4. The van der Waals surface area contributed by atoms with Crippen molar-refractivity contribution in [2.45, 2.75) is 139 Å². The highest BCUT2D eigenvalue weighted by atomic mass is 32.2. The molecule has 16 nitrogen and oxygen atoms in total. The van der Waals surface area contributed by atoms with E-state index in [-0.39, 0.29) is 113 Å². The van der Waals surface area contributed by atoms with E-state index in [0.29, 0.717) is 35.2 Å². The van der Waals surface area contributed by atoms with E-state index >= 15 is 0 Å². The molecule has 0 spiro atoms. The van der Waals surface area contributed by atoms with Gasteiger partial charge in [-0.15, -0.1) is 94.1 Å². The molecule has 0 amide bonds. The molecule has 0 bridgehead atoms. The first-order chi connectivity index (χ1) is 44.8. The molecule has 0 N–H and O–H groups in total. The highest BCUT2D eigenvalue weighted by molar-refractivity contribution is 8.06. The van der Waals surface area contributed by atoms with Crippen LogP contribution in [0.4, 0.5) is 0 Å². The maximum absolute atomic E-state index is 12.9. The smallest absolute Gasteiger partial charge is 0.333 e. The molecular formula is C68H82O16S10. The molecule has 0 radical (unpaired) electrons. The number of hydrogen-bond donors (Lipinski definition) is 0. The molecule has 0 heterocycles. The third-order valence-electron chi connectivity index (χ3n) is 12.5. The maximum atomic E-state index is 12.9. The first kappa shape index (κ1) is 81.5. The molecule has 0 unspecified atom stereocenters. The van der Waals surface area contributed by atoms with Crippen LogP contribution in [0.25, 0.3) is 0 Å². The summed E-state index contributed by atoms with van der Waals surface area (Å²) in [5, 5.41) is 0. The van der Waals surface area contributed by atoms with Gasteiger partial charge >= 0.3 is 47.8 Å². The fraction of sp³-hybridized carbons (Fsp3) is 0.412. The molecule has 0 aliphatic rings. The van der Waals surface area contributed by atoms with E-state index < -0.39 is 35.8 Å². The summed E-state index contributed by atoms with van der Waals surface area (Å²) in [4.78, 5) is 111. The number of hydrogen-bond acceptors (Lipinski definition) is 26. The molecule has 510 valence electrons. The summed E-state index contributed by atoms with van der Waals surface area (Å²) in [6, 6.07) is 17.3. The van der Waals surface area contributed by atoms with Crippen molar-refractivity contribution >= 4 is 165 Å². The first-order valence-electron chi connectivity index (χ1n) is 29.5. The number of ether oxygens (including phenoxy) is 8. The number of carbonyl (C=O) groups is 8. The average Bonchev–Trinajstić information content (AvgIpc) is 0.805. The van der Waals surface area contributed by atoms with Gasteiger partial charge in [0.05, 0.1) is 25.7 Å². The van der Waals surface area contributed by atoms with E-state index in [1.165, 1.54) is 0 Å². The molecular weight excluding hydrogens is 1390 g/mol. The summed E-state index contributed by atoms with van der Waals surface area (Å²) in [7, 11) is 0. The molecule has 0 saturated heterocycles. The van der Waals surface area contributed by atoms with Crippen molar-refractivity contribution in [2.75, 3.05) is 100 Å². The van der Waals surface area contributed by atoms with E-state index in [9.17, 15) is 38.4 Å². The van der Waals surface area contributed by atoms with Crippen LogP contribution < -0.4 is 0 Å². The lowest BCUT2D eigenvalue weighted by molar-refractivity contribution is -0.149. The van der Waals surface area contributed by atoms with E-state index in [4.69, 9.17) is 37.9 Å². The lowest BCUT2D eigenvalue weighted by Gasteiger charge is -2.20. The SMILES string of the molecule is C=C(C)C(=O)OCCOC(=O)CCSc1cc(C)c(Sc2c(C)cc(SCCC(=O)OCCOC(=O)C(=C)C)cc2CCSc2cc(SCCC(=O)OCCOC(=O)C(=C)C)cc(SC)c2Sc2c(SC)cc(SCCC(=O)OCCOC(=O)C(=C)C)cc2SC)c(C)c1. The fourth-order valence-electron chi connectivity index (χ4n) is 7.84. The molecule has 0 aromatic heterocycles. The van der Waals surface area contributed by atoms with Crippen molar-refractivity contribution in [3.63, 3.8) is 0 Å². The number of aryl methyl sites for hydroxylation is 4. The quantitative estimate of drug-likeness (QED) is 0.0133. The largest absolute Gasteiger partial charge is 0.462 e. The molecule has 0 aliphatic heterocycles. The zero-order chi connectivity index (χ0) is 69.3. The van der Waals surface area contributed by atoms with Gasteiger partial charge in [-0.1, -0.05) is 49.8 Å².